The molecule has 0 aliphatic carbocycles. The summed E-state index contributed by atoms with van der Waals surface area (Å²) in [6, 6.07) is 5.83. The Bertz CT molecular complexity index is 445. The molecule has 0 bridgehead atoms. The molecule has 1 aliphatic rings. The van der Waals surface area contributed by atoms with Gasteiger partial charge in [0.1, 0.15) is 5.75 Å². The second kappa shape index (κ2) is 6.12. The molecule has 1 aromatic rings. The van der Waals surface area contributed by atoms with Crippen LogP contribution >= 0.6 is 11.6 Å². The lowest BCUT2D eigenvalue weighted by molar-refractivity contribution is 0.219. The van der Waals surface area contributed by atoms with E-state index in [9.17, 15) is 0 Å². The third kappa shape index (κ3) is 2.79. The van der Waals surface area contributed by atoms with Gasteiger partial charge in [-0.05, 0) is 37.6 Å². The van der Waals surface area contributed by atoms with Crippen LogP contribution < -0.4 is 10.1 Å². The largest absolute Gasteiger partial charge is 0.501 e. The first-order valence-electron chi connectivity index (χ1n) is 6.07. The first-order valence-corrected chi connectivity index (χ1v) is 6.45. The van der Waals surface area contributed by atoms with Crippen molar-refractivity contribution >= 4 is 11.6 Å². The molecular formula is C14H18ClNO2. The van der Waals surface area contributed by atoms with E-state index < -0.39 is 0 Å². The Morgan fingerprint density at radius 3 is 2.89 bits per heavy atom. The molecule has 1 heterocycles. The second-order valence-corrected chi connectivity index (χ2v) is 4.71. The zero-order chi connectivity index (χ0) is 13.0. The normalized spacial score (nSPS) is 16.7. The number of nitrogens with one attached hydrogen (secondary N) is 1. The van der Waals surface area contributed by atoms with Crippen molar-refractivity contribution in [3.05, 3.63) is 40.6 Å². The summed E-state index contributed by atoms with van der Waals surface area (Å²) in [4.78, 5) is 0. The highest BCUT2D eigenvalue weighted by atomic mass is 35.5. The number of ether oxygens (including phenoxy) is 2. The fourth-order valence-electron chi connectivity index (χ4n) is 2.26. The molecule has 3 nitrogen and oxygen atoms in total. The number of hydrogen-bond acceptors (Lipinski definition) is 3. The minimum Gasteiger partial charge on any atom is -0.501 e. The summed E-state index contributed by atoms with van der Waals surface area (Å²) < 4.78 is 10.8. The highest BCUT2D eigenvalue weighted by Crippen LogP contribution is 2.34. The van der Waals surface area contributed by atoms with E-state index >= 15 is 0 Å². The summed E-state index contributed by atoms with van der Waals surface area (Å²) in [5, 5.41) is 3.99. The van der Waals surface area contributed by atoms with Crippen LogP contribution in [0.5, 0.6) is 5.75 Å². The molecule has 1 unspecified atom stereocenters. The SMILES string of the molecule is CNC(C1=COCCC1)c1ccc(Cl)cc1OC. The molecule has 1 aromatic carbocycles. The molecule has 1 aliphatic heterocycles. The number of hydrogen-bond donors (Lipinski definition) is 1. The van der Waals surface area contributed by atoms with Gasteiger partial charge in [0.25, 0.3) is 0 Å². The first kappa shape index (κ1) is 13.2. The standard InChI is InChI=1S/C14H18ClNO2/c1-16-14(10-4-3-7-18-9-10)12-6-5-11(15)8-13(12)17-2/h5-6,8-9,14,16H,3-4,7H2,1-2H3. The highest BCUT2D eigenvalue weighted by Gasteiger charge is 2.20. The van der Waals surface area contributed by atoms with Gasteiger partial charge in [-0.1, -0.05) is 17.7 Å². The van der Waals surface area contributed by atoms with E-state index in [1.54, 1.807) is 7.11 Å². The minimum atomic E-state index is 0.109. The zero-order valence-electron chi connectivity index (χ0n) is 10.7. The number of likely N-dealkylation sites (N-methyl/N-ethyl adjacent to an activating group) is 1. The van der Waals surface area contributed by atoms with Crippen molar-refractivity contribution in [1.82, 2.24) is 5.32 Å². The van der Waals surface area contributed by atoms with Crippen LogP contribution in [-0.4, -0.2) is 20.8 Å². The molecule has 1 N–H and O–H groups in total. The van der Waals surface area contributed by atoms with E-state index in [1.807, 2.05) is 31.5 Å². The van der Waals surface area contributed by atoms with Gasteiger partial charge in [-0.15, -0.1) is 0 Å². The van der Waals surface area contributed by atoms with Gasteiger partial charge in [0.15, 0.2) is 0 Å². The molecule has 2 rings (SSSR count). The molecule has 0 radical (unpaired) electrons. The summed E-state index contributed by atoms with van der Waals surface area (Å²) in [7, 11) is 3.60. The maximum Gasteiger partial charge on any atom is 0.125 e. The third-order valence-corrected chi connectivity index (χ3v) is 3.36. The molecular weight excluding hydrogens is 250 g/mol. The van der Waals surface area contributed by atoms with Crippen LogP contribution in [0.3, 0.4) is 0 Å². The van der Waals surface area contributed by atoms with Crippen molar-refractivity contribution in [2.75, 3.05) is 20.8 Å². The van der Waals surface area contributed by atoms with Gasteiger partial charge >= 0.3 is 0 Å². The fourth-order valence-corrected chi connectivity index (χ4v) is 2.42. The van der Waals surface area contributed by atoms with Gasteiger partial charge in [0.2, 0.25) is 0 Å². The topological polar surface area (TPSA) is 30.5 Å². The summed E-state index contributed by atoms with van der Waals surface area (Å²) in [5.41, 5.74) is 2.32. The predicted octanol–water partition coefficient (Wildman–Crippen LogP) is 3.30. The molecule has 0 fully saturated rings. The van der Waals surface area contributed by atoms with Crippen molar-refractivity contribution in [1.29, 1.82) is 0 Å². The Morgan fingerprint density at radius 2 is 2.28 bits per heavy atom. The van der Waals surface area contributed by atoms with Crippen molar-refractivity contribution in [3.63, 3.8) is 0 Å². The Hall–Kier alpha value is -1.19. The van der Waals surface area contributed by atoms with E-state index in [1.165, 1.54) is 5.57 Å². The number of halogens is 1. The quantitative estimate of drug-likeness (QED) is 0.908. The average Bonchev–Trinajstić information content (AvgIpc) is 2.42. The average molecular weight is 268 g/mol. The first-order chi connectivity index (χ1) is 8.76. The van der Waals surface area contributed by atoms with Crippen molar-refractivity contribution in [2.45, 2.75) is 18.9 Å². The lowest BCUT2D eigenvalue weighted by atomic mass is 9.95. The number of benzene rings is 1. The second-order valence-electron chi connectivity index (χ2n) is 4.28. The molecule has 18 heavy (non-hydrogen) atoms. The van der Waals surface area contributed by atoms with Crippen molar-refractivity contribution in [2.24, 2.45) is 0 Å². The number of rotatable bonds is 4. The summed E-state index contributed by atoms with van der Waals surface area (Å²) in [6.07, 6.45) is 3.95. The Kier molecular flexibility index (Phi) is 4.50. The molecule has 1 atom stereocenters. The molecule has 0 spiro atoms. The third-order valence-electron chi connectivity index (χ3n) is 3.13. The van der Waals surface area contributed by atoms with Crippen LogP contribution in [0.4, 0.5) is 0 Å². The van der Waals surface area contributed by atoms with Crippen molar-refractivity contribution < 1.29 is 9.47 Å². The summed E-state index contributed by atoms with van der Waals surface area (Å²) in [5.74, 6) is 0.799. The molecule has 0 saturated carbocycles. The van der Waals surface area contributed by atoms with E-state index in [2.05, 4.69) is 5.32 Å². The molecule has 0 amide bonds. The monoisotopic (exact) mass is 267 g/mol. The van der Waals surface area contributed by atoms with Crippen LogP contribution in [0.25, 0.3) is 0 Å². The van der Waals surface area contributed by atoms with Gasteiger partial charge in [-0.25, -0.2) is 0 Å². The smallest absolute Gasteiger partial charge is 0.125 e. The Labute approximate surface area is 113 Å². The molecule has 0 aromatic heterocycles. The maximum absolute atomic E-state index is 5.99. The zero-order valence-corrected chi connectivity index (χ0v) is 11.5. The maximum atomic E-state index is 5.99. The van der Waals surface area contributed by atoms with Crippen LogP contribution in [0.1, 0.15) is 24.4 Å². The number of methoxy groups -OCH3 is 1. The van der Waals surface area contributed by atoms with E-state index in [0.717, 1.165) is 30.8 Å². The van der Waals surface area contributed by atoms with Crippen molar-refractivity contribution in [3.8, 4) is 5.75 Å². The highest BCUT2D eigenvalue weighted by molar-refractivity contribution is 6.30. The predicted molar refractivity (Wildman–Crippen MR) is 73.1 cm³/mol. The van der Waals surface area contributed by atoms with Gasteiger partial charge in [0.05, 0.1) is 26.0 Å². The van der Waals surface area contributed by atoms with Gasteiger partial charge in [0, 0.05) is 10.6 Å². The van der Waals surface area contributed by atoms with Crippen LogP contribution in [-0.2, 0) is 4.74 Å². The van der Waals surface area contributed by atoms with E-state index in [-0.39, 0.29) is 6.04 Å². The summed E-state index contributed by atoms with van der Waals surface area (Å²) in [6.45, 7) is 0.803. The lowest BCUT2D eigenvalue weighted by Crippen LogP contribution is -2.21. The van der Waals surface area contributed by atoms with E-state index in [4.69, 9.17) is 21.1 Å². The fraction of sp³-hybridized carbons (Fsp3) is 0.429. The van der Waals surface area contributed by atoms with Crippen LogP contribution in [0.2, 0.25) is 5.02 Å². The minimum absolute atomic E-state index is 0.109. The van der Waals surface area contributed by atoms with Crippen LogP contribution in [0, 0.1) is 0 Å². The van der Waals surface area contributed by atoms with Crippen LogP contribution in [0.15, 0.2) is 30.0 Å². The van der Waals surface area contributed by atoms with E-state index in [0.29, 0.717) is 5.02 Å². The van der Waals surface area contributed by atoms with Gasteiger partial charge in [-0.3, -0.25) is 0 Å². The Morgan fingerprint density at radius 1 is 1.44 bits per heavy atom. The molecule has 98 valence electrons. The van der Waals surface area contributed by atoms with Gasteiger partial charge in [-0.2, -0.15) is 0 Å². The lowest BCUT2D eigenvalue weighted by Gasteiger charge is -2.24. The Balaban J connectivity index is 2.34. The summed E-state index contributed by atoms with van der Waals surface area (Å²) >= 11 is 5.99. The molecule has 0 saturated heterocycles. The molecule has 4 heteroatoms. The van der Waals surface area contributed by atoms with Gasteiger partial charge < -0.3 is 14.8 Å².